The lowest BCUT2D eigenvalue weighted by atomic mass is 10.0. The molecular weight excluding hydrogens is 322 g/mol. The molecule has 1 fully saturated rings. The summed E-state index contributed by atoms with van der Waals surface area (Å²) in [6, 6.07) is 3.27. The number of hydrogen-bond acceptors (Lipinski definition) is 7. The summed E-state index contributed by atoms with van der Waals surface area (Å²) in [5, 5.41) is 0. The Hall–Kier alpha value is -2.62. The molecule has 25 heavy (non-hydrogen) atoms. The maximum absolute atomic E-state index is 12.6. The maximum Gasteiger partial charge on any atom is 0.254 e. The van der Waals surface area contributed by atoms with E-state index in [1.165, 1.54) is 0 Å². The molecule has 9 heteroatoms. The van der Waals surface area contributed by atoms with Crippen LogP contribution in [-0.2, 0) is 17.8 Å². The van der Waals surface area contributed by atoms with Crippen molar-refractivity contribution in [1.29, 1.82) is 0 Å². The number of amides is 1. The predicted molar refractivity (Wildman–Crippen MR) is 89.9 cm³/mol. The zero-order chi connectivity index (χ0) is 17.4. The highest BCUT2D eigenvalue weighted by Crippen LogP contribution is 2.19. The molecule has 4 heterocycles. The van der Waals surface area contributed by atoms with Crippen molar-refractivity contribution in [3.63, 3.8) is 0 Å². The van der Waals surface area contributed by atoms with Crippen LogP contribution in [0.1, 0.15) is 17.7 Å². The van der Waals surface area contributed by atoms with Crippen LogP contribution >= 0.6 is 0 Å². The molecule has 0 radical (unpaired) electrons. The van der Waals surface area contributed by atoms with Crippen molar-refractivity contribution >= 4 is 5.91 Å². The molecule has 2 aliphatic rings. The van der Waals surface area contributed by atoms with Gasteiger partial charge in [-0.3, -0.25) is 14.6 Å². The van der Waals surface area contributed by atoms with Crippen molar-refractivity contribution in [3.05, 3.63) is 46.1 Å². The summed E-state index contributed by atoms with van der Waals surface area (Å²) in [5.41, 5.74) is 13.4. The molecule has 0 saturated carbocycles. The van der Waals surface area contributed by atoms with Gasteiger partial charge in [0.05, 0.1) is 18.4 Å². The molecule has 0 bridgehead atoms. The molecule has 1 amide bonds. The lowest BCUT2D eigenvalue weighted by molar-refractivity contribution is -0.134. The Labute approximate surface area is 143 Å². The number of aromatic nitrogens is 3. The van der Waals surface area contributed by atoms with E-state index in [0.717, 1.165) is 5.56 Å². The van der Waals surface area contributed by atoms with Gasteiger partial charge in [0.25, 0.3) is 5.56 Å². The van der Waals surface area contributed by atoms with Crippen LogP contribution < -0.4 is 22.1 Å². The van der Waals surface area contributed by atoms with Gasteiger partial charge in [-0.25, -0.2) is 15.8 Å². The highest BCUT2D eigenvalue weighted by molar-refractivity contribution is 5.82. The number of hydrogen-bond donors (Lipinski definition) is 4. The molecule has 2 aromatic heterocycles. The quantitative estimate of drug-likeness (QED) is 0.544. The second kappa shape index (κ2) is 6.36. The molecule has 130 valence electrons. The summed E-state index contributed by atoms with van der Waals surface area (Å²) in [6.07, 6.45) is 4.10. The smallest absolute Gasteiger partial charge is 0.254 e. The zero-order valence-electron chi connectivity index (χ0n) is 13.5. The van der Waals surface area contributed by atoms with E-state index in [-0.39, 0.29) is 23.7 Å². The van der Waals surface area contributed by atoms with E-state index in [1.54, 1.807) is 23.4 Å². The van der Waals surface area contributed by atoms with Gasteiger partial charge in [-0.1, -0.05) is 0 Å². The van der Waals surface area contributed by atoms with E-state index in [0.29, 0.717) is 43.0 Å². The summed E-state index contributed by atoms with van der Waals surface area (Å²) in [6.45, 7) is 0.815. The molecule has 2 atom stereocenters. The first-order valence-electron chi connectivity index (χ1n) is 8.19. The molecular formula is C16H19N7O2. The lowest BCUT2D eigenvalue weighted by Crippen LogP contribution is -2.48. The SMILES string of the molecule is NC1CC(C(=O)N2CCc3c(nc(-c4cccnc4)[nH]c3=O)C2)NN1. The van der Waals surface area contributed by atoms with E-state index >= 15 is 0 Å². The van der Waals surface area contributed by atoms with Gasteiger partial charge in [-0.05, 0) is 18.6 Å². The number of pyridine rings is 1. The minimum Gasteiger partial charge on any atom is -0.335 e. The highest BCUT2D eigenvalue weighted by atomic mass is 16.2. The van der Waals surface area contributed by atoms with Crippen molar-refractivity contribution in [2.75, 3.05) is 6.54 Å². The van der Waals surface area contributed by atoms with Crippen molar-refractivity contribution in [2.45, 2.75) is 31.6 Å². The number of nitrogens with one attached hydrogen (secondary N) is 3. The van der Waals surface area contributed by atoms with Gasteiger partial charge in [0.2, 0.25) is 5.91 Å². The normalized spacial score (nSPS) is 22.7. The fourth-order valence-corrected chi connectivity index (χ4v) is 3.23. The van der Waals surface area contributed by atoms with Gasteiger partial charge in [0.1, 0.15) is 11.9 Å². The number of rotatable bonds is 2. The third kappa shape index (κ3) is 3.04. The number of nitrogens with zero attached hydrogens (tertiary/aromatic N) is 3. The van der Waals surface area contributed by atoms with Gasteiger partial charge >= 0.3 is 0 Å². The first-order valence-corrected chi connectivity index (χ1v) is 8.19. The number of H-pyrrole nitrogens is 1. The van der Waals surface area contributed by atoms with Crippen LogP contribution in [0.3, 0.4) is 0 Å². The Morgan fingerprint density at radius 1 is 1.36 bits per heavy atom. The molecule has 0 aliphatic carbocycles. The third-order valence-corrected chi connectivity index (χ3v) is 4.55. The highest BCUT2D eigenvalue weighted by Gasteiger charge is 2.33. The van der Waals surface area contributed by atoms with E-state index in [9.17, 15) is 9.59 Å². The van der Waals surface area contributed by atoms with Gasteiger partial charge in [-0.2, -0.15) is 0 Å². The van der Waals surface area contributed by atoms with E-state index in [1.807, 2.05) is 6.07 Å². The summed E-state index contributed by atoms with van der Waals surface area (Å²) in [4.78, 5) is 38.2. The maximum atomic E-state index is 12.6. The molecule has 2 aromatic rings. The minimum atomic E-state index is -0.351. The third-order valence-electron chi connectivity index (χ3n) is 4.55. The number of hydrazine groups is 1. The Morgan fingerprint density at radius 3 is 2.96 bits per heavy atom. The van der Waals surface area contributed by atoms with Crippen LogP contribution in [0.5, 0.6) is 0 Å². The Balaban J connectivity index is 1.61. The van der Waals surface area contributed by atoms with E-state index in [4.69, 9.17) is 5.73 Å². The standard InChI is InChI=1S/C16H19N7O2/c17-13-6-11(21-22-13)16(25)23-5-3-10-12(8-23)19-14(20-15(10)24)9-2-1-4-18-7-9/h1-2,4,7,11,13,21-22H,3,5-6,8,17H2,(H,19,20,24). The summed E-state index contributed by atoms with van der Waals surface area (Å²) in [5.74, 6) is 0.435. The van der Waals surface area contributed by atoms with Crippen LogP contribution in [0.25, 0.3) is 11.4 Å². The number of carbonyl (C=O) groups is 1. The average Bonchev–Trinajstić information content (AvgIpc) is 3.07. The van der Waals surface area contributed by atoms with Gasteiger partial charge in [-0.15, -0.1) is 0 Å². The van der Waals surface area contributed by atoms with Crippen LogP contribution in [0.4, 0.5) is 0 Å². The van der Waals surface area contributed by atoms with E-state index in [2.05, 4.69) is 25.8 Å². The van der Waals surface area contributed by atoms with Crippen molar-refractivity contribution in [1.82, 2.24) is 30.7 Å². The van der Waals surface area contributed by atoms with Crippen LogP contribution in [0.15, 0.2) is 29.3 Å². The van der Waals surface area contributed by atoms with Crippen molar-refractivity contribution < 1.29 is 4.79 Å². The number of carbonyl (C=O) groups excluding carboxylic acids is 1. The summed E-state index contributed by atoms with van der Waals surface area (Å²) in [7, 11) is 0. The fraction of sp³-hybridized carbons (Fsp3) is 0.375. The first kappa shape index (κ1) is 15.9. The predicted octanol–water partition coefficient (Wildman–Crippen LogP) is -1.13. The molecule has 0 spiro atoms. The number of aromatic amines is 1. The van der Waals surface area contributed by atoms with Crippen LogP contribution in [-0.4, -0.2) is 44.5 Å². The molecule has 1 saturated heterocycles. The van der Waals surface area contributed by atoms with Crippen molar-refractivity contribution in [3.8, 4) is 11.4 Å². The molecule has 9 nitrogen and oxygen atoms in total. The monoisotopic (exact) mass is 341 g/mol. The molecule has 2 unspecified atom stereocenters. The number of nitrogens with two attached hydrogens (primary N) is 1. The Morgan fingerprint density at radius 2 is 2.24 bits per heavy atom. The molecule has 4 rings (SSSR count). The largest absolute Gasteiger partial charge is 0.335 e. The second-order valence-electron chi connectivity index (χ2n) is 6.27. The molecule has 5 N–H and O–H groups in total. The zero-order valence-corrected chi connectivity index (χ0v) is 13.5. The van der Waals surface area contributed by atoms with Crippen molar-refractivity contribution in [2.24, 2.45) is 5.73 Å². The number of fused-ring (bicyclic) bond motifs is 1. The van der Waals surface area contributed by atoms with Gasteiger partial charge in [0, 0.05) is 36.5 Å². The Kier molecular flexibility index (Phi) is 4.04. The average molecular weight is 341 g/mol. The van der Waals surface area contributed by atoms with Gasteiger partial charge < -0.3 is 15.6 Å². The minimum absolute atomic E-state index is 0.0314. The lowest BCUT2D eigenvalue weighted by Gasteiger charge is -2.29. The van der Waals surface area contributed by atoms with Crippen LogP contribution in [0.2, 0.25) is 0 Å². The summed E-state index contributed by atoms with van der Waals surface area (Å²) >= 11 is 0. The van der Waals surface area contributed by atoms with Crippen LogP contribution in [0, 0.1) is 0 Å². The molecule has 2 aliphatic heterocycles. The fourth-order valence-electron chi connectivity index (χ4n) is 3.23. The first-order chi connectivity index (χ1) is 12.1. The Bertz CT molecular complexity index is 851. The van der Waals surface area contributed by atoms with E-state index < -0.39 is 0 Å². The second-order valence-corrected chi connectivity index (χ2v) is 6.27. The van der Waals surface area contributed by atoms with Gasteiger partial charge in [0.15, 0.2) is 0 Å². The topological polar surface area (TPSA) is 129 Å². The molecule has 0 aromatic carbocycles. The summed E-state index contributed by atoms with van der Waals surface area (Å²) < 4.78 is 0.